The Balaban J connectivity index is 0.000000248. The molecule has 0 spiro atoms. The maximum atomic E-state index is 6.27. The maximum absolute atomic E-state index is 6.27. The highest BCUT2D eigenvalue weighted by atomic mass is 35.5. The van der Waals surface area contributed by atoms with Crippen LogP contribution in [0.3, 0.4) is 0 Å². The average molecular weight is 511 g/mol. The van der Waals surface area contributed by atoms with Crippen molar-refractivity contribution in [3.8, 4) is 11.3 Å². The number of hydrogen-bond acceptors (Lipinski definition) is 7. The molecule has 0 radical (unpaired) electrons. The Morgan fingerprint density at radius 2 is 1.94 bits per heavy atom. The second-order valence-corrected chi connectivity index (χ2v) is 9.68. The highest BCUT2D eigenvalue weighted by Crippen LogP contribution is 2.33. The number of halogens is 2. The normalized spacial score (nSPS) is 18.7. The summed E-state index contributed by atoms with van der Waals surface area (Å²) in [5.74, 6) is 1.63. The van der Waals surface area contributed by atoms with Crippen molar-refractivity contribution in [3.05, 3.63) is 34.4 Å². The van der Waals surface area contributed by atoms with E-state index in [4.69, 9.17) is 38.4 Å². The van der Waals surface area contributed by atoms with Gasteiger partial charge in [0.25, 0.3) is 0 Å². The fraction of sp³-hybridized carbons (Fsp3) is 0.600. The van der Waals surface area contributed by atoms with E-state index in [1.54, 1.807) is 19.2 Å². The van der Waals surface area contributed by atoms with Crippen molar-refractivity contribution < 1.29 is 9.47 Å². The van der Waals surface area contributed by atoms with Gasteiger partial charge in [0.1, 0.15) is 11.6 Å². The lowest BCUT2D eigenvalue weighted by atomic mass is 9.96. The van der Waals surface area contributed by atoms with E-state index < -0.39 is 0 Å². The third-order valence-electron chi connectivity index (χ3n) is 6.15. The number of hydrogen-bond donors (Lipinski definition) is 3. The van der Waals surface area contributed by atoms with Crippen LogP contribution in [0.4, 0.5) is 11.6 Å². The number of ether oxygens (including phenoxy) is 2. The molecule has 4 rings (SSSR count). The van der Waals surface area contributed by atoms with Crippen molar-refractivity contribution in [3.63, 3.8) is 0 Å². The molecule has 7 nitrogen and oxygen atoms in total. The van der Waals surface area contributed by atoms with Crippen LogP contribution in [0, 0.1) is 5.92 Å². The van der Waals surface area contributed by atoms with E-state index >= 15 is 0 Å². The van der Waals surface area contributed by atoms with Crippen LogP contribution in [-0.2, 0) is 9.47 Å². The molecule has 9 heteroatoms. The van der Waals surface area contributed by atoms with Crippen LogP contribution < -0.4 is 16.4 Å². The van der Waals surface area contributed by atoms with Crippen molar-refractivity contribution in [2.24, 2.45) is 5.92 Å². The van der Waals surface area contributed by atoms with E-state index in [0.29, 0.717) is 33.0 Å². The van der Waals surface area contributed by atoms with Gasteiger partial charge in [-0.15, -0.1) is 0 Å². The molecule has 0 amide bonds. The lowest BCUT2D eigenvalue weighted by Crippen LogP contribution is -2.33. The number of nitrogens with one attached hydrogen (secondary N) is 2. The molecule has 3 heterocycles. The van der Waals surface area contributed by atoms with Crippen LogP contribution in [0.1, 0.15) is 44.9 Å². The number of nitrogens with two attached hydrogens (primary N) is 1. The molecule has 1 saturated carbocycles. The minimum absolute atomic E-state index is 0.375. The standard InChI is InChI=1S/C16H18Cl2N4O.C9H19NO/c17-12-3-4-15(21-7-10-2-1-5-23-9-10)22-16(12)11-6-14(19)20-8-13(11)18;1-11-8-7-10-9-5-3-2-4-6-9/h3-4,6,8,10H,1-2,5,7,9H2,(H2,19,20)(H,21,22);9-10H,2-8H2,1H3. The number of anilines is 2. The number of pyridine rings is 2. The van der Waals surface area contributed by atoms with Crippen molar-refractivity contribution in [1.29, 1.82) is 0 Å². The summed E-state index contributed by atoms with van der Waals surface area (Å²) < 4.78 is 10.5. The quantitative estimate of drug-likeness (QED) is 0.408. The molecule has 1 atom stereocenters. The first kappa shape index (κ1) is 27.0. The Kier molecular flexibility index (Phi) is 11.6. The molecule has 2 fully saturated rings. The largest absolute Gasteiger partial charge is 0.384 e. The summed E-state index contributed by atoms with van der Waals surface area (Å²) in [6.45, 7) is 4.33. The first-order chi connectivity index (χ1) is 16.6. The third kappa shape index (κ3) is 8.86. The lowest BCUT2D eigenvalue weighted by molar-refractivity contribution is 0.0595. The smallest absolute Gasteiger partial charge is 0.126 e. The fourth-order valence-electron chi connectivity index (χ4n) is 4.25. The van der Waals surface area contributed by atoms with Crippen LogP contribution in [0.2, 0.25) is 10.0 Å². The molecule has 188 valence electrons. The highest BCUT2D eigenvalue weighted by molar-refractivity contribution is 6.36. The molecule has 0 bridgehead atoms. The van der Waals surface area contributed by atoms with Crippen LogP contribution >= 0.6 is 23.2 Å². The van der Waals surface area contributed by atoms with Gasteiger partial charge in [0, 0.05) is 44.6 Å². The Morgan fingerprint density at radius 3 is 2.68 bits per heavy atom. The Bertz CT molecular complexity index is 874. The Morgan fingerprint density at radius 1 is 1.12 bits per heavy atom. The van der Waals surface area contributed by atoms with Gasteiger partial charge < -0.3 is 25.8 Å². The van der Waals surface area contributed by atoms with E-state index in [2.05, 4.69) is 20.6 Å². The lowest BCUT2D eigenvalue weighted by Gasteiger charge is -2.22. The molecule has 2 aliphatic rings. The van der Waals surface area contributed by atoms with Crippen LogP contribution in [-0.4, -0.2) is 56.0 Å². The van der Waals surface area contributed by atoms with E-state index in [-0.39, 0.29) is 0 Å². The van der Waals surface area contributed by atoms with Crippen molar-refractivity contribution in [2.45, 2.75) is 51.0 Å². The zero-order valence-corrected chi connectivity index (χ0v) is 21.5. The fourth-order valence-corrected chi connectivity index (χ4v) is 4.65. The average Bonchev–Trinajstić information content (AvgIpc) is 2.87. The summed E-state index contributed by atoms with van der Waals surface area (Å²) in [4.78, 5) is 8.54. The zero-order valence-electron chi connectivity index (χ0n) is 20.0. The van der Waals surface area contributed by atoms with Gasteiger partial charge in [0.15, 0.2) is 0 Å². The van der Waals surface area contributed by atoms with Crippen LogP contribution in [0.15, 0.2) is 24.4 Å². The molecular formula is C25H37Cl2N5O2. The van der Waals surface area contributed by atoms with Crippen molar-refractivity contribution in [1.82, 2.24) is 15.3 Å². The Hall–Kier alpha value is -1.64. The highest BCUT2D eigenvalue weighted by Gasteiger charge is 2.15. The molecule has 1 aliphatic carbocycles. The Labute approximate surface area is 213 Å². The minimum Gasteiger partial charge on any atom is -0.384 e. The van der Waals surface area contributed by atoms with Gasteiger partial charge in [0.05, 0.1) is 29.0 Å². The first-order valence-electron chi connectivity index (χ1n) is 12.2. The molecule has 1 saturated heterocycles. The molecule has 1 aliphatic heterocycles. The number of nitrogen functional groups attached to an aromatic ring is 1. The van der Waals surface area contributed by atoms with E-state index in [9.17, 15) is 0 Å². The van der Waals surface area contributed by atoms with E-state index in [1.807, 2.05) is 6.07 Å². The van der Waals surface area contributed by atoms with Gasteiger partial charge in [-0.2, -0.15) is 0 Å². The number of methoxy groups -OCH3 is 1. The number of rotatable bonds is 8. The summed E-state index contributed by atoms with van der Waals surface area (Å²) in [6, 6.07) is 6.11. The SMILES string of the molecule is COCCNC1CCCCC1.Nc1cc(-c2nc(NCC3CCCOC3)ccc2Cl)c(Cl)cn1. The molecule has 2 aromatic heterocycles. The molecule has 0 aromatic carbocycles. The second-order valence-electron chi connectivity index (χ2n) is 8.86. The van der Waals surface area contributed by atoms with Crippen LogP contribution in [0.5, 0.6) is 0 Å². The van der Waals surface area contributed by atoms with Gasteiger partial charge in [-0.3, -0.25) is 0 Å². The predicted octanol–water partition coefficient (Wildman–Crippen LogP) is 5.43. The van der Waals surface area contributed by atoms with Gasteiger partial charge in [0.2, 0.25) is 0 Å². The predicted molar refractivity (Wildman–Crippen MR) is 141 cm³/mol. The monoisotopic (exact) mass is 509 g/mol. The van der Waals surface area contributed by atoms with Gasteiger partial charge in [-0.1, -0.05) is 42.5 Å². The van der Waals surface area contributed by atoms with E-state index in [1.165, 1.54) is 44.7 Å². The van der Waals surface area contributed by atoms with Crippen LogP contribution in [0.25, 0.3) is 11.3 Å². The second kappa shape index (κ2) is 14.7. The van der Waals surface area contributed by atoms with Gasteiger partial charge in [-0.05, 0) is 49.8 Å². The summed E-state index contributed by atoms with van der Waals surface area (Å²) in [7, 11) is 1.75. The van der Waals surface area contributed by atoms with Gasteiger partial charge in [-0.25, -0.2) is 9.97 Å². The van der Waals surface area contributed by atoms with E-state index in [0.717, 1.165) is 51.2 Å². The molecular weight excluding hydrogens is 473 g/mol. The zero-order chi connectivity index (χ0) is 24.2. The molecule has 1 unspecified atom stereocenters. The minimum atomic E-state index is 0.375. The number of aromatic nitrogens is 2. The number of nitrogens with zero attached hydrogens (tertiary/aromatic N) is 2. The third-order valence-corrected chi connectivity index (χ3v) is 6.75. The summed E-state index contributed by atoms with van der Waals surface area (Å²) in [6.07, 6.45) is 10.8. The first-order valence-corrected chi connectivity index (χ1v) is 12.9. The molecule has 34 heavy (non-hydrogen) atoms. The summed E-state index contributed by atoms with van der Waals surface area (Å²) in [5.41, 5.74) is 7.01. The molecule has 2 aromatic rings. The van der Waals surface area contributed by atoms with Crippen molar-refractivity contribution >= 4 is 34.8 Å². The maximum Gasteiger partial charge on any atom is 0.126 e. The van der Waals surface area contributed by atoms with Gasteiger partial charge >= 0.3 is 0 Å². The summed E-state index contributed by atoms with van der Waals surface area (Å²) >= 11 is 12.5. The van der Waals surface area contributed by atoms with Crippen molar-refractivity contribution in [2.75, 3.05) is 51.1 Å². The summed E-state index contributed by atoms with van der Waals surface area (Å²) in [5, 5.41) is 7.83. The topological polar surface area (TPSA) is 94.3 Å². The molecule has 4 N–H and O–H groups in total.